The molecule has 0 aromatic heterocycles. The van der Waals surface area contributed by atoms with Crippen molar-refractivity contribution >= 4 is 17.3 Å². The summed E-state index contributed by atoms with van der Waals surface area (Å²) in [5.74, 6) is -0.835. The molecule has 0 radical (unpaired) electrons. The van der Waals surface area contributed by atoms with Crippen molar-refractivity contribution in [3.63, 3.8) is 0 Å². The SMILES string of the molecule is CC(C)Oc1cccc(NC(C(=O)O)C2CC2)c1[N+](=O)[O-]. The van der Waals surface area contributed by atoms with E-state index in [0.717, 1.165) is 12.8 Å². The molecule has 1 atom stereocenters. The van der Waals surface area contributed by atoms with Gasteiger partial charge in [0.15, 0.2) is 5.75 Å². The van der Waals surface area contributed by atoms with Crippen molar-refractivity contribution in [2.45, 2.75) is 38.8 Å². The highest BCUT2D eigenvalue weighted by Gasteiger charge is 2.37. The summed E-state index contributed by atoms with van der Waals surface area (Å²) in [7, 11) is 0. The number of rotatable bonds is 7. The molecular weight excluding hydrogens is 276 g/mol. The van der Waals surface area contributed by atoms with E-state index in [-0.39, 0.29) is 29.1 Å². The molecule has 0 amide bonds. The van der Waals surface area contributed by atoms with E-state index in [1.807, 2.05) is 0 Å². The molecule has 7 heteroatoms. The molecule has 0 saturated heterocycles. The summed E-state index contributed by atoms with van der Waals surface area (Å²) in [6.45, 7) is 3.54. The van der Waals surface area contributed by atoms with Crippen molar-refractivity contribution in [1.82, 2.24) is 0 Å². The van der Waals surface area contributed by atoms with Gasteiger partial charge in [-0.15, -0.1) is 0 Å². The Hall–Kier alpha value is -2.31. The Morgan fingerprint density at radius 3 is 2.62 bits per heavy atom. The lowest BCUT2D eigenvalue weighted by molar-refractivity contribution is -0.385. The zero-order chi connectivity index (χ0) is 15.6. The second kappa shape index (κ2) is 5.99. The van der Waals surface area contributed by atoms with E-state index < -0.39 is 16.9 Å². The summed E-state index contributed by atoms with van der Waals surface area (Å²) in [5.41, 5.74) is -0.0458. The number of ether oxygens (including phenoxy) is 1. The fourth-order valence-electron chi connectivity index (χ4n) is 2.15. The minimum absolute atomic E-state index is 0.0248. The average molecular weight is 294 g/mol. The van der Waals surface area contributed by atoms with Crippen LogP contribution in [-0.4, -0.2) is 28.1 Å². The van der Waals surface area contributed by atoms with E-state index in [1.165, 1.54) is 12.1 Å². The molecule has 0 heterocycles. The molecule has 1 aromatic carbocycles. The van der Waals surface area contributed by atoms with Gasteiger partial charge in [0.2, 0.25) is 0 Å². The van der Waals surface area contributed by atoms with E-state index in [0.29, 0.717) is 0 Å². The number of carbonyl (C=O) groups is 1. The van der Waals surface area contributed by atoms with Crippen LogP contribution in [0.3, 0.4) is 0 Å². The Kier molecular flexibility index (Phi) is 4.30. The van der Waals surface area contributed by atoms with Gasteiger partial charge in [-0.25, -0.2) is 4.79 Å². The van der Waals surface area contributed by atoms with Crippen LogP contribution in [0.4, 0.5) is 11.4 Å². The van der Waals surface area contributed by atoms with Crippen LogP contribution in [0.15, 0.2) is 18.2 Å². The van der Waals surface area contributed by atoms with Gasteiger partial charge in [0, 0.05) is 0 Å². The molecule has 1 fully saturated rings. The molecule has 0 aliphatic heterocycles. The fourth-order valence-corrected chi connectivity index (χ4v) is 2.15. The maximum Gasteiger partial charge on any atom is 0.333 e. The quantitative estimate of drug-likeness (QED) is 0.592. The minimum Gasteiger partial charge on any atom is -0.484 e. The van der Waals surface area contributed by atoms with E-state index in [1.54, 1.807) is 19.9 Å². The van der Waals surface area contributed by atoms with Crippen molar-refractivity contribution in [2.24, 2.45) is 5.92 Å². The molecule has 0 spiro atoms. The Morgan fingerprint density at radius 2 is 2.14 bits per heavy atom. The number of anilines is 1. The van der Waals surface area contributed by atoms with Crippen molar-refractivity contribution in [3.8, 4) is 5.75 Å². The number of para-hydroxylation sites is 1. The number of nitrogens with zero attached hydrogens (tertiary/aromatic N) is 1. The standard InChI is InChI=1S/C14H18N2O5/c1-8(2)21-11-5-3-4-10(13(11)16(19)20)15-12(14(17)18)9-6-7-9/h3-5,8-9,12,15H,6-7H2,1-2H3,(H,17,18). The monoisotopic (exact) mass is 294 g/mol. The van der Waals surface area contributed by atoms with Crippen molar-refractivity contribution in [1.29, 1.82) is 0 Å². The maximum atomic E-state index is 11.3. The van der Waals surface area contributed by atoms with Crippen LogP contribution in [0.2, 0.25) is 0 Å². The lowest BCUT2D eigenvalue weighted by atomic mass is 10.1. The predicted molar refractivity (Wildman–Crippen MR) is 76.6 cm³/mol. The summed E-state index contributed by atoms with van der Waals surface area (Å²) >= 11 is 0. The van der Waals surface area contributed by atoms with Crippen LogP contribution in [0, 0.1) is 16.0 Å². The molecule has 2 N–H and O–H groups in total. The third-order valence-electron chi connectivity index (χ3n) is 3.21. The van der Waals surface area contributed by atoms with Crippen LogP contribution in [-0.2, 0) is 4.79 Å². The summed E-state index contributed by atoms with van der Waals surface area (Å²) in [6, 6.07) is 3.82. The Bertz CT molecular complexity index is 554. The molecule has 7 nitrogen and oxygen atoms in total. The zero-order valence-corrected chi connectivity index (χ0v) is 11.9. The molecule has 1 aliphatic rings. The lowest BCUT2D eigenvalue weighted by Gasteiger charge is -2.17. The molecule has 21 heavy (non-hydrogen) atoms. The Balaban J connectivity index is 2.33. The molecule has 2 rings (SSSR count). The zero-order valence-electron chi connectivity index (χ0n) is 11.9. The van der Waals surface area contributed by atoms with Gasteiger partial charge in [0.1, 0.15) is 11.7 Å². The first-order chi connectivity index (χ1) is 9.90. The van der Waals surface area contributed by atoms with Gasteiger partial charge >= 0.3 is 11.7 Å². The van der Waals surface area contributed by atoms with Gasteiger partial charge in [-0.3, -0.25) is 10.1 Å². The normalized spacial score (nSPS) is 15.6. The fraction of sp³-hybridized carbons (Fsp3) is 0.500. The lowest BCUT2D eigenvalue weighted by Crippen LogP contribution is -2.31. The van der Waals surface area contributed by atoms with Gasteiger partial charge in [-0.05, 0) is 44.7 Å². The number of nitrogens with one attached hydrogen (secondary N) is 1. The highest BCUT2D eigenvalue weighted by Crippen LogP contribution is 2.39. The van der Waals surface area contributed by atoms with Crippen LogP contribution >= 0.6 is 0 Å². The van der Waals surface area contributed by atoms with E-state index in [4.69, 9.17) is 4.74 Å². The molecular formula is C14H18N2O5. The van der Waals surface area contributed by atoms with Crippen LogP contribution < -0.4 is 10.1 Å². The summed E-state index contributed by atoms with van der Waals surface area (Å²) in [4.78, 5) is 22.0. The molecule has 1 aromatic rings. The number of hydrogen-bond donors (Lipinski definition) is 2. The van der Waals surface area contributed by atoms with E-state index >= 15 is 0 Å². The van der Waals surface area contributed by atoms with Gasteiger partial charge in [0.05, 0.1) is 11.0 Å². The first-order valence-corrected chi connectivity index (χ1v) is 6.83. The number of hydrogen-bond acceptors (Lipinski definition) is 5. The second-order valence-electron chi connectivity index (χ2n) is 5.37. The number of carboxylic acids is 1. The maximum absolute atomic E-state index is 11.3. The second-order valence-corrected chi connectivity index (χ2v) is 5.37. The van der Waals surface area contributed by atoms with Crippen LogP contribution in [0.5, 0.6) is 5.75 Å². The van der Waals surface area contributed by atoms with Crippen LogP contribution in [0.25, 0.3) is 0 Å². The van der Waals surface area contributed by atoms with Crippen molar-refractivity contribution in [3.05, 3.63) is 28.3 Å². The minimum atomic E-state index is -0.998. The number of nitro groups is 1. The highest BCUT2D eigenvalue weighted by molar-refractivity contribution is 5.80. The molecule has 114 valence electrons. The van der Waals surface area contributed by atoms with Gasteiger partial charge < -0.3 is 15.2 Å². The third kappa shape index (κ3) is 3.62. The first kappa shape index (κ1) is 15.1. The highest BCUT2D eigenvalue weighted by atomic mass is 16.6. The number of benzene rings is 1. The number of aliphatic carboxylic acids is 1. The first-order valence-electron chi connectivity index (χ1n) is 6.83. The van der Waals surface area contributed by atoms with Crippen molar-refractivity contribution in [2.75, 3.05) is 5.32 Å². The number of carboxylic acid groups (broad SMARTS) is 1. The van der Waals surface area contributed by atoms with Gasteiger partial charge in [0.25, 0.3) is 0 Å². The van der Waals surface area contributed by atoms with Gasteiger partial charge in [-0.2, -0.15) is 0 Å². The summed E-state index contributed by atoms with van der Waals surface area (Å²) < 4.78 is 5.44. The van der Waals surface area contributed by atoms with E-state index in [2.05, 4.69) is 5.32 Å². The predicted octanol–water partition coefficient (Wildman–Crippen LogP) is 2.66. The molecule has 1 aliphatic carbocycles. The Labute approximate surface area is 122 Å². The van der Waals surface area contributed by atoms with E-state index in [9.17, 15) is 20.0 Å². The number of nitro benzene ring substituents is 1. The largest absolute Gasteiger partial charge is 0.484 e. The molecule has 1 unspecified atom stereocenters. The Morgan fingerprint density at radius 1 is 1.48 bits per heavy atom. The summed E-state index contributed by atoms with van der Waals surface area (Å²) in [6.07, 6.45) is 1.43. The van der Waals surface area contributed by atoms with Gasteiger partial charge in [-0.1, -0.05) is 6.07 Å². The third-order valence-corrected chi connectivity index (χ3v) is 3.21. The smallest absolute Gasteiger partial charge is 0.333 e. The molecule has 1 saturated carbocycles. The average Bonchev–Trinajstić information content (AvgIpc) is 3.18. The topological polar surface area (TPSA) is 102 Å². The molecule has 0 bridgehead atoms. The summed E-state index contributed by atoms with van der Waals surface area (Å²) in [5, 5.41) is 23.3. The van der Waals surface area contributed by atoms with Crippen LogP contribution in [0.1, 0.15) is 26.7 Å². The van der Waals surface area contributed by atoms with Crippen molar-refractivity contribution < 1.29 is 19.6 Å².